The molecule has 2 aromatic carbocycles. The third-order valence-electron chi connectivity index (χ3n) is 4.75. The van der Waals surface area contributed by atoms with Crippen LogP contribution in [0.3, 0.4) is 0 Å². The number of rotatable bonds is 3. The van der Waals surface area contributed by atoms with Crippen LogP contribution in [0.15, 0.2) is 60.8 Å². The van der Waals surface area contributed by atoms with E-state index in [1.54, 1.807) is 11.1 Å². The number of carbonyl (C=O) groups excluding carboxylic acids is 1. The lowest BCUT2D eigenvalue weighted by molar-refractivity contribution is 0.0990. The SMILES string of the molecule is CN(C(=O)c1cccnc1N1CCOCC1)c1ccc2ccccc2c1. The molecule has 26 heavy (non-hydrogen) atoms. The van der Waals surface area contributed by atoms with Crippen LogP contribution < -0.4 is 9.80 Å². The summed E-state index contributed by atoms with van der Waals surface area (Å²) >= 11 is 0. The van der Waals surface area contributed by atoms with Gasteiger partial charge in [0, 0.05) is 32.0 Å². The van der Waals surface area contributed by atoms with Crippen LogP contribution in [-0.2, 0) is 4.74 Å². The van der Waals surface area contributed by atoms with E-state index < -0.39 is 0 Å². The van der Waals surface area contributed by atoms with Gasteiger partial charge in [-0.25, -0.2) is 4.98 Å². The van der Waals surface area contributed by atoms with Crippen molar-refractivity contribution in [1.29, 1.82) is 0 Å². The first-order chi connectivity index (χ1) is 12.7. The van der Waals surface area contributed by atoms with Crippen LogP contribution in [0.2, 0.25) is 0 Å². The number of amides is 1. The smallest absolute Gasteiger partial charge is 0.261 e. The highest BCUT2D eigenvalue weighted by molar-refractivity contribution is 6.09. The minimum Gasteiger partial charge on any atom is -0.378 e. The summed E-state index contributed by atoms with van der Waals surface area (Å²) in [5.74, 6) is 0.670. The Morgan fingerprint density at radius 3 is 2.62 bits per heavy atom. The average molecular weight is 347 g/mol. The summed E-state index contributed by atoms with van der Waals surface area (Å²) in [5.41, 5.74) is 1.48. The van der Waals surface area contributed by atoms with Gasteiger partial charge in [0.05, 0.1) is 18.8 Å². The Bertz CT molecular complexity index is 935. The normalized spacial score (nSPS) is 14.4. The van der Waals surface area contributed by atoms with Crippen molar-refractivity contribution in [3.8, 4) is 0 Å². The summed E-state index contributed by atoms with van der Waals surface area (Å²) in [6.07, 6.45) is 1.73. The van der Waals surface area contributed by atoms with Crippen LogP contribution >= 0.6 is 0 Å². The fraction of sp³-hybridized carbons (Fsp3) is 0.238. The van der Waals surface area contributed by atoms with Crippen LogP contribution in [0.1, 0.15) is 10.4 Å². The summed E-state index contributed by atoms with van der Waals surface area (Å²) in [7, 11) is 1.81. The summed E-state index contributed by atoms with van der Waals surface area (Å²) in [6, 6.07) is 17.9. The first-order valence-electron chi connectivity index (χ1n) is 8.78. The molecule has 0 radical (unpaired) electrons. The molecule has 0 aliphatic carbocycles. The Morgan fingerprint density at radius 2 is 1.81 bits per heavy atom. The summed E-state index contributed by atoms with van der Waals surface area (Å²) < 4.78 is 5.41. The highest BCUT2D eigenvalue weighted by Crippen LogP contribution is 2.25. The molecule has 0 unspecified atom stereocenters. The minimum absolute atomic E-state index is 0.0603. The second-order valence-electron chi connectivity index (χ2n) is 6.37. The molecule has 132 valence electrons. The molecule has 1 fully saturated rings. The van der Waals surface area contributed by atoms with E-state index in [9.17, 15) is 4.79 Å². The van der Waals surface area contributed by atoms with Crippen LogP contribution in [0.5, 0.6) is 0 Å². The van der Waals surface area contributed by atoms with Crippen LogP contribution in [0.25, 0.3) is 10.8 Å². The third-order valence-corrected chi connectivity index (χ3v) is 4.75. The predicted molar refractivity (Wildman–Crippen MR) is 104 cm³/mol. The Balaban J connectivity index is 1.66. The number of pyridine rings is 1. The fourth-order valence-electron chi connectivity index (χ4n) is 3.27. The first-order valence-corrected chi connectivity index (χ1v) is 8.78. The lowest BCUT2D eigenvalue weighted by Crippen LogP contribution is -2.38. The molecule has 5 heteroatoms. The number of morpholine rings is 1. The largest absolute Gasteiger partial charge is 0.378 e. The molecule has 0 saturated carbocycles. The van der Waals surface area contributed by atoms with Crippen molar-refractivity contribution in [1.82, 2.24) is 4.98 Å². The van der Waals surface area contributed by atoms with Gasteiger partial charge in [-0.05, 0) is 35.0 Å². The van der Waals surface area contributed by atoms with E-state index in [0.29, 0.717) is 18.8 Å². The molecule has 1 saturated heterocycles. The molecule has 3 aromatic rings. The molecule has 0 atom stereocenters. The number of hydrogen-bond donors (Lipinski definition) is 0. The molecule has 1 amide bonds. The molecule has 5 nitrogen and oxygen atoms in total. The number of anilines is 2. The molecule has 4 rings (SSSR count). The molecule has 0 spiro atoms. The molecule has 0 bridgehead atoms. The standard InChI is InChI=1S/C21H21N3O2/c1-23(18-9-8-16-5-2-3-6-17(16)15-18)21(25)19-7-4-10-22-20(19)24-11-13-26-14-12-24/h2-10,15H,11-14H2,1H3. The number of fused-ring (bicyclic) bond motifs is 1. The Morgan fingerprint density at radius 1 is 1.04 bits per heavy atom. The zero-order valence-electron chi connectivity index (χ0n) is 14.8. The van der Waals surface area contributed by atoms with E-state index in [2.05, 4.69) is 22.0 Å². The van der Waals surface area contributed by atoms with Crippen molar-refractivity contribution in [2.24, 2.45) is 0 Å². The van der Waals surface area contributed by atoms with Crippen molar-refractivity contribution in [2.45, 2.75) is 0 Å². The number of nitrogens with zero attached hydrogens (tertiary/aromatic N) is 3. The maximum Gasteiger partial charge on any atom is 0.261 e. The average Bonchev–Trinajstić information content (AvgIpc) is 2.73. The topological polar surface area (TPSA) is 45.7 Å². The lowest BCUT2D eigenvalue weighted by Gasteiger charge is -2.30. The van der Waals surface area contributed by atoms with Gasteiger partial charge in [0.2, 0.25) is 0 Å². The maximum atomic E-state index is 13.2. The van der Waals surface area contributed by atoms with Gasteiger partial charge >= 0.3 is 0 Å². The summed E-state index contributed by atoms with van der Waals surface area (Å²) in [6.45, 7) is 2.81. The van der Waals surface area contributed by atoms with Gasteiger partial charge in [0.1, 0.15) is 5.82 Å². The lowest BCUT2D eigenvalue weighted by atomic mass is 10.1. The van der Waals surface area contributed by atoms with Crippen LogP contribution in [-0.4, -0.2) is 44.2 Å². The molecule has 1 aromatic heterocycles. The van der Waals surface area contributed by atoms with Crippen LogP contribution in [0, 0.1) is 0 Å². The number of benzene rings is 2. The van der Waals surface area contributed by atoms with E-state index >= 15 is 0 Å². The van der Waals surface area contributed by atoms with Gasteiger partial charge in [-0.1, -0.05) is 30.3 Å². The third kappa shape index (κ3) is 3.13. The second kappa shape index (κ2) is 7.14. The van der Waals surface area contributed by atoms with Crippen molar-refractivity contribution < 1.29 is 9.53 Å². The van der Waals surface area contributed by atoms with Gasteiger partial charge in [0.25, 0.3) is 5.91 Å². The quantitative estimate of drug-likeness (QED) is 0.729. The molecule has 0 N–H and O–H groups in total. The molecule has 2 heterocycles. The predicted octanol–water partition coefficient (Wildman–Crippen LogP) is 3.35. The van der Waals surface area contributed by atoms with Crippen molar-refractivity contribution in [2.75, 3.05) is 43.2 Å². The van der Waals surface area contributed by atoms with Gasteiger partial charge in [-0.2, -0.15) is 0 Å². The zero-order chi connectivity index (χ0) is 17.9. The van der Waals surface area contributed by atoms with Gasteiger partial charge in [0.15, 0.2) is 0 Å². The maximum absolute atomic E-state index is 13.2. The van der Waals surface area contributed by atoms with Crippen molar-refractivity contribution in [3.05, 3.63) is 66.4 Å². The number of hydrogen-bond acceptors (Lipinski definition) is 4. The van der Waals surface area contributed by atoms with Gasteiger partial charge < -0.3 is 14.5 Å². The molecular weight excluding hydrogens is 326 g/mol. The highest BCUT2D eigenvalue weighted by atomic mass is 16.5. The monoisotopic (exact) mass is 347 g/mol. The second-order valence-corrected chi connectivity index (χ2v) is 6.37. The van der Waals surface area contributed by atoms with E-state index in [0.717, 1.165) is 35.4 Å². The zero-order valence-corrected chi connectivity index (χ0v) is 14.8. The van der Waals surface area contributed by atoms with Crippen molar-refractivity contribution in [3.63, 3.8) is 0 Å². The number of aromatic nitrogens is 1. The van der Waals surface area contributed by atoms with Crippen LogP contribution in [0.4, 0.5) is 11.5 Å². The molecular formula is C21H21N3O2. The van der Waals surface area contributed by atoms with Gasteiger partial charge in [-0.15, -0.1) is 0 Å². The van der Waals surface area contributed by atoms with E-state index in [4.69, 9.17) is 4.74 Å². The Labute approximate surface area is 152 Å². The molecule has 1 aliphatic heterocycles. The van der Waals surface area contributed by atoms with E-state index in [-0.39, 0.29) is 5.91 Å². The Kier molecular flexibility index (Phi) is 4.54. The Hall–Kier alpha value is -2.92. The minimum atomic E-state index is -0.0603. The number of carbonyl (C=O) groups is 1. The van der Waals surface area contributed by atoms with E-state index in [1.165, 1.54) is 0 Å². The van der Waals surface area contributed by atoms with E-state index in [1.807, 2.05) is 49.5 Å². The molecule has 1 aliphatic rings. The highest BCUT2D eigenvalue weighted by Gasteiger charge is 2.22. The summed E-state index contributed by atoms with van der Waals surface area (Å²) in [5, 5.41) is 2.27. The summed E-state index contributed by atoms with van der Waals surface area (Å²) in [4.78, 5) is 21.4. The number of ether oxygens (including phenoxy) is 1. The van der Waals surface area contributed by atoms with Gasteiger partial charge in [-0.3, -0.25) is 4.79 Å². The first kappa shape index (κ1) is 16.5. The van der Waals surface area contributed by atoms with Crippen molar-refractivity contribution >= 4 is 28.2 Å². The fourth-order valence-corrected chi connectivity index (χ4v) is 3.27.